The standard InChI is InChI=1S/C27H29FN6O4/c1-5-37-21-14-12-20(13-15-21)34(24(22-7-6-16-38-22)26(36)29-27(2,3)4)23(35)17-33-31-25(30-32-33)18-8-10-19(28)11-9-18/h6-16,24H,5,17H2,1-4H3,(H,29,36)/t24-/m1/s1. The summed E-state index contributed by atoms with van der Waals surface area (Å²) in [4.78, 5) is 29.8. The van der Waals surface area contributed by atoms with Gasteiger partial charge in [0.15, 0.2) is 6.04 Å². The zero-order chi connectivity index (χ0) is 27.3. The number of carbonyl (C=O) groups is 2. The average Bonchev–Trinajstić information content (AvgIpc) is 3.55. The number of hydrogen-bond acceptors (Lipinski definition) is 7. The fourth-order valence-electron chi connectivity index (χ4n) is 3.79. The summed E-state index contributed by atoms with van der Waals surface area (Å²) in [6, 6.07) is 14.6. The summed E-state index contributed by atoms with van der Waals surface area (Å²) in [5, 5.41) is 15.2. The van der Waals surface area contributed by atoms with Crippen molar-refractivity contribution in [2.45, 2.75) is 45.8 Å². The molecule has 2 amide bonds. The minimum absolute atomic E-state index is 0.235. The maximum atomic E-state index is 13.8. The molecule has 11 heteroatoms. The third-order valence-corrected chi connectivity index (χ3v) is 5.34. The van der Waals surface area contributed by atoms with E-state index in [0.717, 1.165) is 4.80 Å². The van der Waals surface area contributed by atoms with Crippen LogP contribution in [0.1, 0.15) is 39.5 Å². The second-order valence-corrected chi connectivity index (χ2v) is 9.50. The highest BCUT2D eigenvalue weighted by Crippen LogP contribution is 2.31. The first-order valence-corrected chi connectivity index (χ1v) is 12.1. The summed E-state index contributed by atoms with van der Waals surface area (Å²) in [7, 11) is 0. The number of nitrogens with one attached hydrogen (secondary N) is 1. The lowest BCUT2D eigenvalue weighted by atomic mass is 10.1. The second-order valence-electron chi connectivity index (χ2n) is 9.50. The Labute approximate surface area is 219 Å². The predicted molar refractivity (Wildman–Crippen MR) is 138 cm³/mol. The molecule has 1 N–H and O–H groups in total. The Bertz CT molecular complexity index is 1360. The van der Waals surface area contributed by atoms with Crippen LogP contribution in [0.3, 0.4) is 0 Å². The van der Waals surface area contributed by atoms with Crippen LogP contribution in [-0.4, -0.2) is 44.2 Å². The Hall–Kier alpha value is -4.54. The van der Waals surface area contributed by atoms with E-state index in [1.807, 2.05) is 27.7 Å². The number of carbonyl (C=O) groups excluding carboxylic acids is 2. The summed E-state index contributed by atoms with van der Waals surface area (Å²) in [6.45, 7) is 7.59. The Morgan fingerprint density at radius 3 is 2.42 bits per heavy atom. The van der Waals surface area contributed by atoms with Gasteiger partial charge in [0.1, 0.15) is 23.9 Å². The molecule has 0 fully saturated rings. The van der Waals surface area contributed by atoms with Crippen molar-refractivity contribution in [2.24, 2.45) is 0 Å². The third kappa shape index (κ3) is 6.41. The van der Waals surface area contributed by atoms with Crippen molar-refractivity contribution in [3.05, 3.63) is 78.5 Å². The van der Waals surface area contributed by atoms with E-state index >= 15 is 0 Å². The first kappa shape index (κ1) is 26.5. The number of tetrazole rings is 1. The van der Waals surface area contributed by atoms with Gasteiger partial charge in [-0.15, -0.1) is 10.2 Å². The number of hydrogen-bond donors (Lipinski definition) is 1. The Balaban J connectivity index is 1.70. The largest absolute Gasteiger partial charge is 0.494 e. The first-order chi connectivity index (χ1) is 18.1. The van der Waals surface area contributed by atoms with Crippen molar-refractivity contribution in [1.29, 1.82) is 0 Å². The van der Waals surface area contributed by atoms with E-state index in [-0.39, 0.29) is 23.9 Å². The van der Waals surface area contributed by atoms with Crippen molar-refractivity contribution in [2.75, 3.05) is 11.5 Å². The lowest BCUT2D eigenvalue weighted by molar-refractivity contribution is -0.128. The van der Waals surface area contributed by atoms with Crippen molar-refractivity contribution in [1.82, 2.24) is 25.5 Å². The molecule has 2 heterocycles. The topological polar surface area (TPSA) is 115 Å². The molecule has 0 aliphatic heterocycles. The number of ether oxygens (including phenoxy) is 1. The van der Waals surface area contributed by atoms with Gasteiger partial charge in [-0.3, -0.25) is 14.5 Å². The SMILES string of the molecule is CCOc1ccc(N(C(=O)Cn2nnc(-c3ccc(F)cc3)n2)[C@@H](C(=O)NC(C)(C)C)c2ccco2)cc1. The van der Waals surface area contributed by atoms with Crippen molar-refractivity contribution >= 4 is 17.5 Å². The molecule has 38 heavy (non-hydrogen) atoms. The zero-order valence-corrected chi connectivity index (χ0v) is 21.6. The monoisotopic (exact) mass is 520 g/mol. The number of nitrogens with zero attached hydrogens (tertiary/aromatic N) is 5. The van der Waals surface area contributed by atoms with Crippen LogP contribution in [-0.2, 0) is 16.1 Å². The fraction of sp³-hybridized carbons (Fsp3) is 0.296. The molecule has 1 atom stereocenters. The van der Waals surface area contributed by atoms with Crippen molar-refractivity contribution < 1.29 is 23.1 Å². The maximum absolute atomic E-state index is 13.8. The molecule has 0 unspecified atom stereocenters. The minimum atomic E-state index is -1.12. The average molecular weight is 521 g/mol. The van der Waals surface area contributed by atoms with Crippen LogP contribution in [0.4, 0.5) is 10.1 Å². The molecular weight excluding hydrogens is 491 g/mol. The summed E-state index contributed by atoms with van der Waals surface area (Å²) < 4.78 is 24.4. The van der Waals surface area contributed by atoms with Crippen LogP contribution >= 0.6 is 0 Å². The van der Waals surface area contributed by atoms with Crippen molar-refractivity contribution in [3.63, 3.8) is 0 Å². The van der Waals surface area contributed by atoms with E-state index < -0.39 is 23.4 Å². The molecule has 0 radical (unpaired) electrons. The first-order valence-electron chi connectivity index (χ1n) is 12.1. The molecule has 0 aliphatic carbocycles. The number of benzene rings is 2. The van der Waals surface area contributed by atoms with Crippen LogP contribution in [0, 0.1) is 5.82 Å². The number of furan rings is 1. The van der Waals surface area contributed by atoms with Gasteiger partial charge in [0.25, 0.3) is 11.8 Å². The predicted octanol–water partition coefficient (Wildman–Crippen LogP) is 4.16. The molecule has 10 nitrogen and oxygen atoms in total. The quantitative estimate of drug-likeness (QED) is 0.352. The highest BCUT2D eigenvalue weighted by Gasteiger charge is 2.36. The minimum Gasteiger partial charge on any atom is -0.494 e. The van der Waals surface area contributed by atoms with Crippen LogP contribution < -0.4 is 15.0 Å². The van der Waals surface area contributed by atoms with Gasteiger partial charge in [0.05, 0.1) is 12.9 Å². The Kier molecular flexibility index (Phi) is 7.85. The third-order valence-electron chi connectivity index (χ3n) is 5.34. The van der Waals surface area contributed by atoms with Gasteiger partial charge >= 0.3 is 0 Å². The molecule has 0 saturated heterocycles. The van der Waals surface area contributed by atoms with E-state index in [9.17, 15) is 14.0 Å². The lowest BCUT2D eigenvalue weighted by Gasteiger charge is -2.32. The van der Waals surface area contributed by atoms with Gasteiger partial charge in [0, 0.05) is 16.8 Å². The zero-order valence-electron chi connectivity index (χ0n) is 21.6. The molecule has 0 aliphatic rings. The summed E-state index contributed by atoms with van der Waals surface area (Å²) in [5.41, 5.74) is 0.432. The Morgan fingerprint density at radius 1 is 1.11 bits per heavy atom. The molecule has 4 aromatic rings. The second kappa shape index (κ2) is 11.2. The number of halogens is 1. The molecule has 0 saturated carbocycles. The summed E-state index contributed by atoms with van der Waals surface area (Å²) in [6.07, 6.45) is 1.45. The highest BCUT2D eigenvalue weighted by molar-refractivity contribution is 6.01. The smallest absolute Gasteiger partial charge is 0.251 e. The lowest BCUT2D eigenvalue weighted by Crippen LogP contribution is -2.50. The summed E-state index contributed by atoms with van der Waals surface area (Å²) in [5.74, 6) is -0.152. The van der Waals surface area contributed by atoms with Gasteiger partial charge < -0.3 is 14.5 Å². The van der Waals surface area contributed by atoms with Gasteiger partial charge in [-0.2, -0.15) is 4.80 Å². The molecule has 0 bridgehead atoms. The van der Waals surface area contributed by atoms with Gasteiger partial charge in [0.2, 0.25) is 5.82 Å². The van der Waals surface area contributed by atoms with Crippen LogP contribution in [0.2, 0.25) is 0 Å². The number of amides is 2. The van der Waals surface area contributed by atoms with E-state index in [2.05, 4.69) is 20.7 Å². The van der Waals surface area contributed by atoms with Crippen LogP contribution in [0.15, 0.2) is 71.3 Å². The molecule has 2 aromatic carbocycles. The van der Waals surface area contributed by atoms with E-state index in [1.165, 1.54) is 35.4 Å². The normalized spacial score (nSPS) is 12.1. The summed E-state index contributed by atoms with van der Waals surface area (Å²) >= 11 is 0. The Morgan fingerprint density at radius 2 is 1.82 bits per heavy atom. The van der Waals surface area contributed by atoms with Gasteiger partial charge in [-0.25, -0.2) is 4.39 Å². The van der Waals surface area contributed by atoms with E-state index in [0.29, 0.717) is 23.6 Å². The van der Waals surface area contributed by atoms with Crippen molar-refractivity contribution in [3.8, 4) is 17.1 Å². The number of aromatic nitrogens is 4. The molecule has 4 rings (SSSR count). The molecule has 198 valence electrons. The highest BCUT2D eigenvalue weighted by atomic mass is 19.1. The van der Waals surface area contributed by atoms with E-state index in [4.69, 9.17) is 9.15 Å². The molecular formula is C27H29FN6O4. The van der Waals surface area contributed by atoms with Gasteiger partial charge in [-0.05, 0) is 93.6 Å². The van der Waals surface area contributed by atoms with Crippen LogP contribution in [0.25, 0.3) is 11.4 Å². The number of rotatable bonds is 9. The maximum Gasteiger partial charge on any atom is 0.251 e. The van der Waals surface area contributed by atoms with Crippen LogP contribution in [0.5, 0.6) is 5.75 Å². The van der Waals surface area contributed by atoms with E-state index in [1.54, 1.807) is 36.4 Å². The number of anilines is 1. The molecule has 0 spiro atoms. The fourth-order valence-corrected chi connectivity index (χ4v) is 3.79. The molecule has 2 aromatic heterocycles. The van der Waals surface area contributed by atoms with Gasteiger partial charge in [-0.1, -0.05) is 0 Å².